The van der Waals surface area contributed by atoms with Crippen LogP contribution in [0.2, 0.25) is 5.02 Å². The number of hydrogen-bond donors (Lipinski definition) is 1. The predicted octanol–water partition coefficient (Wildman–Crippen LogP) is 4.60. The Labute approximate surface area is 230 Å². The van der Waals surface area contributed by atoms with Crippen LogP contribution in [0, 0.1) is 0 Å². The number of nitrogens with one attached hydrogen (secondary N) is 1. The third-order valence-electron chi connectivity index (χ3n) is 6.36. The molecule has 202 valence electrons. The zero-order valence-electron chi connectivity index (χ0n) is 21.7. The number of tetrazole rings is 1. The normalized spacial score (nSPS) is 12.3. The summed E-state index contributed by atoms with van der Waals surface area (Å²) in [5.74, 6) is 1.97. The topological polar surface area (TPSA) is 111 Å². The lowest BCUT2D eigenvalue weighted by Gasteiger charge is -2.30. The summed E-state index contributed by atoms with van der Waals surface area (Å²) in [6, 6.07) is 18.2. The Hall–Kier alpha value is -3.99. The molecular weight excluding hydrogens is 520 g/mol. The van der Waals surface area contributed by atoms with E-state index < -0.39 is 6.04 Å². The van der Waals surface area contributed by atoms with E-state index in [2.05, 4.69) is 25.4 Å². The monoisotopic (exact) mass is 548 g/mol. The smallest absolute Gasteiger partial charge is 0.253 e. The van der Waals surface area contributed by atoms with E-state index in [9.17, 15) is 4.79 Å². The molecule has 0 fully saturated rings. The number of aromatic nitrogens is 5. The van der Waals surface area contributed by atoms with Crippen LogP contribution in [-0.4, -0.2) is 50.4 Å². The number of H-pyrrole nitrogens is 1. The lowest BCUT2D eigenvalue weighted by Crippen LogP contribution is -2.35. The summed E-state index contributed by atoms with van der Waals surface area (Å²) in [6.45, 7) is 4.17. The molecule has 0 amide bonds. The van der Waals surface area contributed by atoms with E-state index in [-0.39, 0.29) is 5.56 Å². The number of nitrogens with zero attached hydrogens (tertiary/aromatic N) is 5. The second-order valence-electron chi connectivity index (χ2n) is 9.00. The van der Waals surface area contributed by atoms with Crippen molar-refractivity contribution >= 4 is 22.5 Å². The molecule has 1 N–H and O–H groups in total. The van der Waals surface area contributed by atoms with Crippen LogP contribution in [0.3, 0.4) is 0 Å². The molecule has 11 heteroatoms. The Morgan fingerprint density at radius 2 is 1.97 bits per heavy atom. The van der Waals surface area contributed by atoms with Crippen molar-refractivity contribution in [2.24, 2.45) is 0 Å². The van der Waals surface area contributed by atoms with Gasteiger partial charge in [-0.25, -0.2) is 4.68 Å². The summed E-state index contributed by atoms with van der Waals surface area (Å²) in [7, 11) is 1.62. The average molecular weight is 549 g/mol. The summed E-state index contributed by atoms with van der Waals surface area (Å²) in [4.78, 5) is 18.8. The number of methoxy groups -OCH3 is 1. The van der Waals surface area contributed by atoms with E-state index in [0.29, 0.717) is 54.8 Å². The molecule has 10 nitrogen and oxygen atoms in total. The van der Waals surface area contributed by atoms with Crippen molar-refractivity contribution in [1.82, 2.24) is 30.1 Å². The number of halogens is 1. The SMILES string of the molecule is CCOc1ccc2[nH]c(=O)c(C(c3nnnn3CCOC)N(Cc3ccc(Cl)cc3)Cc3ccco3)cc2c1. The van der Waals surface area contributed by atoms with Gasteiger partial charge in [-0.05, 0) is 71.4 Å². The molecule has 3 heterocycles. The van der Waals surface area contributed by atoms with Crippen molar-refractivity contribution in [2.75, 3.05) is 20.3 Å². The fourth-order valence-corrected chi connectivity index (χ4v) is 4.70. The van der Waals surface area contributed by atoms with Crippen LogP contribution in [0.4, 0.5) is 0 Å². The summed E-state index contributed by atoms with van der Waals surface area (Å²) < 4.78 is 18.4. The fraction of sp³-hybridized carbons (Fsp3) is 0.286. The van der Waals surface area contributed by atoms with Crippen LogP contribution in [0.1, 0.15) is 35.7 Å². The second-order valence-corrected chi connectivity index (χ2v) is 9.44. The van der Waals surface area contributed by atoms with E-state index in [1.165, 1.54) is 0 Å². The number of benzene rings is 2. The first kappa shape index (κ1) is 26.6. The Kier molecular flexibility index (Phi) is 8.36. The summed E-state index contributed by atoms with van der Waals surface area (Å²) in [5, 5.41) is 14.0. The van der Waals surface area contributed by atoms with Crippen LogP contribution in [0.25, 0.3) is 10.9 Å². The molecule has 0 aliphatic rings. The Balaban J connectivity index is 1.67. The van der Waals surface area contributed by atoms with Gasteiger partial charge in [-0.3, -0.25) is 9.69 Å². The molecule has 2 aromatic carbocycles. The van der Waals surface area contributed by atoms with Crippen LogP contribution in [0.15, 0.2) is 76.1 Å². The first-order valence-corrected chi connectivity index (χ1v) is 13.0. The van der Waals surface area contributed by atoms with Crippen molar-refractivity contribution in [3.63, 3.8) is 0 Å². The quantitative estimate of drug-likeness (QED) is 0.241. The number of ether oxygens (including phenoxy) is 2. The van der Waals surface area contributed by atoms with Crippen molar-refractivity contribution in [1.29, 1.82) is 0 Å². The maximum absolute atomic E-state index is 13.7. The molecule has 0 bridgehead atoms. The Morgan fingerprint density at radius 3 is 2.72 bits per heavy atom. The van der Waals surface area contributed by atoms with Gasteiger partial charge in [0.05, 0.1) is 32.6 Å². The van der Waals surface area contributed by atoms with E-state index in [4.69, 9.17) is 25.5 Å². The van der Waals surface area contributed by atoms with Gasteiger partial charge in [0.25, 0.3) is 5.56 Å². The molecular formula is C28H29ClN6O4. The minimum Gasteiger partial charge on any atom is -0.494 e. The van der Waals surface area contributed by atoms with E-state index in [0.717, 1.165) is 22.5 Å². The zero-order chi connectivity index (χ0) is 27.2. The van der Waals surface area contributed by atoms with Gasteiger partial charge in [-0.1, -0.05) is 23.7 Å². The Morgan fingerprint density at radius 1 is 1.13 bits per heavy atom. The van der Waals surface area contributed by atoms with Crippen molar-refractivity contribution in [3.05, 3.63) is 105 Å². The van der Waals surface area contributed by atoms with Gasteiger partial charge in [-0.2, -0.15) is 0 Å². The van der Waals surface area contributed by atoms with Crippen molar-refractivity contribution in [2.45, 2.75) is 32.6 Å². The number of aromatic amines is 1. The van der Waals surface area contributed by atoms with Crippen LogP contribution in [-0.2, 0) is 24.4 Å². The molecule has 3 aromatic heterocycles. The van der Waals surface area contributed by atoms with Gasteiger partial charge < -0.3 is 18.9 Å². The number of fused-ring (bicyclic) bond motifs is 1. The van der Waals surface area contributed by atoms with Gasteiger partial charge in [0.15, 0.2) is 5.82 Å². The fourth-order valence-electron chi connectivity index (χ4n) is 4.57. The van der Waals surface area contributed by atoms with Crippen molar-refractivity contribution in [3.8, 4) is 5.75 Å². The minimum absolute atomic E-state index is 0.237. The van der Waals surface area contributed by atoms with E-state index in [1.54, 1.807) is 18.1 Å². The molecule has 1 unspecified atom stereocenters. The molecule has 0 saturated carbocycles. The van der Waals surface area contributed by atoms with Gasteiger partial charge in [0.1, 0.15) is 17.6 Å². The molecule has 5 aromatic rings. The van der Waals surface area contributed by atoms with Gasteiger partial charge in [-0.15, -0.1) is 5.10 Å². The van der Waals surface area contributed by atoms with Crippen LogP contribution >= 0.6 is 11.6 Å². The largest absolute Gasteiger partial charge is 0.494 e. The first-order chi connectivity index (χ1) is 19.1. The highest BCUT2D eigenvalue weighted by Crippen LogP contribution is 2.31. The minimum atomic E-state index is -0.624. The molecule has 39 heavy (non-hydrogen) atoms. The molecule has 0 radical (unpaired) electrons. The second kappa shape index (κ2) is 12.2. The Bertz CT molecular complexity index is 1570. The third-order valence-corrected chi connectivity index (χ3v) is 6.62. The highest BCUT2D eigenvalue weighted by Gasteiger charge is 2.31. The van der Waals surface area contributed by atoms with Gasteiger partial charge in [0, 0.05) is 35.1 Å². The van der Waals surface area contributed by atoms with Gasteiger partial charge in [0.2, 0.25) is 0 Å². The molecule has 0 saturated heterocycles. The molecule has 1 atom stereocenters. The lowest BCUT2D eigenvalue weighted by atomic mass is 10.0. The van der Waals surface area contributed by atoms with Crippen LogP contribution < -0.4 is 10.3 Å². The highest BCUT2D eigenvalue weighted by molar-refractivity contribution is 6.30. The number of furan rings is 1. The number of hydrogen-bond acceptors (Lipinski definition) is 8. The van der Waals surface area contributed by atoms with Crippen molar-refractivity contribution < 1.29 is 13.9 Å². The number of rotatable bonds is 12. The average Bonchev–Trinajstić information content (AvgIpc) is 3.62. The third kappa shape index (κ3) is 6.19. The van der Waals surface area contributed by atoms with E-state index in [1.807, 2.05) is 67.6 Å². The molecule has 0 aliphatic heterocycles. The first-order valence-electron chi connectivity index (χ1n) is 12.6. The number of pyridine rings is 1. The van der Waals surface area contributed by atoms with Gasteiger partial charge >= 0.3 is 0 Å². The molecule has 0 aliphatic carbocycles. The zero-order valence-corrected chi connectivity index (χ0v) is 22.5. The lowest BCUT2D eigenvalue weighted by molar-refractivity contribution is 0.163. The predicted molar refractivity (Wildman–Crippen MR) is 147 cm³/mol. The molecule has 0 spiro atoms. The highest BCUT2D eigenvalue weighted by atomic mass is 35.5. The maximum Gasteiger partial charge on any atom is 0.253 e. The molecule has 5 rings (SSSR count). The standard InChI is InChI=1S/C28H29ClN6O4/c1-3-38-22-10-11-25-20(15-22)16-24(28(36)30-25)26(27-31-32-33-35(27)12-14-37-2)34(18-23-5-4-13-39-23)17-19-6-8-21(29)9-7-19/h4-11,13,15-16,26H,3,12,14,17-18H2,1-2H3,(H,30,36). The maximum atomic E-state index is 13.7. The summed E-state index contributed by atoms with van der Waals surface area (Å²) in [6.07, 6.45) is 1.63. The van der Waals surface area contributed by atoms with Crippen LogP contribution in [0.5, 0.6) is 5.75 Å². The summed E-state index contributed by atoms with van der Waals surface area (Å²) >= 11 is 6.16. The summed E-state index contributed by atoms with van der Waals surface area (Å²) in [5.41, 5.74) is 1.96. The van der Waals surface area contributed by atoms with E-state index >= 15 is 0 Å².